The van der Waals surface area contributed by atoms with Crippen molar-refractivity contribution in [3.05, 3.63) is 0 Å². The van der Waals surface area contributed by atoms with E-state index in [0.29, 0.717) is 16.3 Å². The zero-order valence-electron chi connectivity index (χ0n) is 10.6. The van der Waals surface area contributed by atoms with Crippen LogP contribution in [-0.4, -0.2) is 16.7 Å². The van der Waals surface area contributed by atoms with Crippen LogP contribution in [0.5, 0.6) is 0 Å². The van der Waals surface area contributed by atoms with Crippen LogP contribution >= 0.6 is 11.8 Å². The average molecular weight is 227 g/mol. The van der Waals surface area contributed by atoms with Crippen LogP contribution in [0.15, 0.2) is 0 Å². The minimum absolute atomic E-state index is 0.413. The highest BCUT2D eigenvalue weighted by molar-refractivity contribution is 8.00. The second-order valence-corrected chi connectivity index (χ2v) is 7.76. The summed E-state index contributed by atoms with van der Waals surface area (Å²) >= 11 is 2.20. The number of hydrogen-bond acceptors (Lipinski definition) is 2. The third-order valence-electron chi connectivity index (χ3n) is 3.98. The van der Waals surface area contributed by atoms with Crippen molar-refractivity contribution in [2.24, 2.45) is 11.3 Å². The molecule has 1 nitrogen and oxygen atoms in total. The number of rotatable bonds is 0. The van der Waals surface area contributed by atoms with E-state index in [1.165, 1.54) is 31.4 Å². The minimum atomic E-state index is 0.413. The van der Waals surface area contributed by atoms with Crippen molar-refractivity contribution in [1.82, 2.24) is 5.32 Å². The summed E-state index contributed by atoms with van der Waals surface area (Å²) in [5.74, 6) is 2.14. The molecule has 1 N–H and O–H groups in total. The van der Waals surface area contributed by atoms with Crippen LogP contribution in [0.25, 0.3) is 0 Å². The van der Waals surface area contributed by atoms with Crippen LogP contribution in [0.3, 0.4) is 0 Å². The monoisotopic (exact) mass is 227 g/mol. The van der Waals surface area contributed by atoms with Gasteiger partial charge in [0.15, 0.2) is 0 Å². The fraction of sp³-hybridized carbons (Fsp3) is 1.00. The lowest BCUT2D eigenvalue weighted by atomic mass is 9.69. The van der Waals surface area contributed by atoms with E-state index in [1.807, 2.05) is 0 Å². The molecule has 1 saturated carbocycles. The predicted molar refractivity (Wildman–Crippen MR) is 69.2 cm³/mol. The van der Waals surface area contributed by atoms with Crippen LogP contribution in [-0.2, 0) is 0 Å². The molecule has 1 spiro atoms. The Morgan fingerprint density at radius 1 is 1.27 bits per heavy atom. The first kappa shape index (κ1) is 11.8. The summed E-state index contributed by atoms with van der Waals surface area (Å²) < 4.78 is 0. The van der Waals surface area contributed by atoms with E-state index in [1.54, 1.807) is 0 Å². The number of nitrogens with one attached hydrogen (secondary N) is 1. The van der Waals surface area contributed by atoms with Gasteiger partial charge in [0.2, 0.25) is 0 Å². The van der Waals surface area contributed by atoms with E-state index in [4.69, 9.17) is 0 Å². The molecule has 1 saturated heterocycles. The van der Waals surface area contributed by atoms with E-state index >= 15 is 0 Å². The van der Waals surface area contributed by atoms with Crippen LogP contribution in [0.1, 0.15) is 53.4 Å². The van der Waals surface area contributed by atoms with E-state index in [9.17, 15) is 0 Å². The fourth-order valence-electron chi connectivity index (χ4n) is 3.40. The zero-order valence-corrected chi connectivity index (χ0v) is 11.4. The molecular weight excluding hydrogens is 202 g/mol. The van der Waals surface area contributed by atoms with Crippen molar-refractivity contribution in [3.8, 4) is 0 Å². The van der Waals surface area contributed by atoms with Gasteiger partial charge in [-0.1, -0.05) is 33.6 Å². The molecule has 1 heterocycles. The Balaban J connectivity index is 2.19. The first-order valence-electron chi connectivity index (χ1n) is 6.36. The molecule has 2 rings (SSSR count). The molecule has 88 valence electrons. The van der Waals surface area contributed by atoms with Gasteiger partial charge in [-0.05, 0) is 31.1 Å². The quantitative estimate of drug-likeness (QED) is 0.678. The van der Waals surface area contributed by atoms with Gasteiger partial charge in [-0.3, -0.25) is 5.32 Å². The van der Waals surface area contributed by atoms with Crippen molar-refractivity contribution in [3.63, 3.8) is 0 Å². The third kappa shape index (κ3) is 2.21. The molecule has 2 aliphatic rings. The Morgan fingerprint density at radius 3 is 2.53 bits per heavy atom. The molecule has 0 aromatic carbocycles. The highest BCUT2D eigenvalue weighted by atomic mass is 32.2. The summed E-state index contributed by atoms with van der Waals surface area (Å²) in [5.41, 5.74) is 0.449. The van der Waals surface area contributed by atoms with Crippen molar-refractivity contribution >= 4 is 11.8 Å². The molecule has 15 heavy (non-hydrogen) atoms. The van der Waals surface area contributed by atoms with Crippen molar-refractivity contribution in [2.45, 2.75) is 64.3 Å². The van der Waals surface area contributed by atoms with Gasteiger partial charge < -0.3 is 0 Å². The molecule has 3 unspecified atom stereocenters. The fourth-order valence-corrected chi connectivity index (χ4v) is 5.27. The normalized spacial score (nSPS) is 42.4. The van der Waals surface area contributed by atoms with E-state index in [2.05, 4.69) is 44.8 Å². The summed E-state index contributed by atoms with van der Waals surface area (Å²) in [5, 5.41) is 3.89. The summed E-state index contributed by atoms with van der Waals surface area (Å²) in [6.07, 6.45) is 5.64. The minimum Gasteiger partial charge on any atom is -0.299 e. The van der Waals surface area contributed by atoms with Crippen LogP contribution in [0.4, 0.5) is 0 Å². The second kappa shape index (κ2) is 3.96. The Hall–Kier alpha value is 0.310. The molecule has 2 fully saturated rings. The number of hydrogen-bond donors (Lipinski definition) is 1. The van der Waals surface area contributed by atoms with Gasteiger partial charge >= 0.3 is 0 Å². The van der Waals surface area contributed by atoms with E-state index in [0.717, 1.165) is 5.92 Å². The Bertz CT molecular complexity index is 229. The lowest BCUT2D eigenvalue weighted by molar-refractivity contribution is 0.111. The molecular formula is C13H25NS. The summed E-state index contributed by atoms with van der Waals surface area (Å²) in [6.45, 7) is 9.57. The summed E-state index contributed by atoms with van der Waals surface area (Å²) in [7, 11) is 0. The highest BCUT2D eigenvalue weighted by Crippen LogP contribution is 2.52. The largest absolute Gasteiger partial charge is 0.299 e. The smallest absolute Gasteiger partial charge is 0.0681 e. The predicted octanol–water partition coefficient (Wildman–Crippen LogP) is 3.64. The molecule has 2 heteroatoms. The van der Waals surface area contributed by atoms with Crippen molar-refractivity contribution < 1.29 is 0 Å². The van der Waals surface area contributed by atoms with Gasteiger partial charge in [0, 0.05) is 11.8 Å². The molecule has 0 bridgehead atoms. The Labute approximate surface area is 98.8 Å². The molecule has 1 aliphatic carbocycles. The lowest BCUT2D eigenvalue weighted by Gasteiger charge is -2.48. The van der Waals surface area contributed by atoms with Gasteiger partial charge in [0.1, 0.15) is 0 Å². The summed E-state index contributed by atoms with van der Waals surface area (Å²) in [6, 6.07) is 0.706. The van der Waals surface area contributed by atoms with Gasteiger partial charge in [-0.25, -0.2) is 0 Å². The Kier molecular flexibility index (Phi) is 3.11. The maximum atomic E-state index is 3.89. The topological polar surface area (TPSA) is 12.0 Å². The van der Waals surface area contributed by atoms with Crippen LogP contribution in [0, 0.1) is 11.3 Å². The van der Waals surface area contributed by atoms with Gasteiger partial charge in [-0.15, -0.1) is 11.8 Å². The van der Waals surface area contributed by atoms with Crippen molar-refractivity contribution in [1.29, 1.82) is 0 Å². The molecule has 0 aromatic rings. The zero-order chi connectivity index (χ0) is 11.1. The highest BCUT2D eigenvalue weighted by Gasteiger charge is 2.49. The first-order valence-corrected chi connectivity index (χ1v) is 7.34. The van der Waals surface area contributed by atoms with Gasteiger partial charge in [0.25, 0.3) is 0 Å². The maximum Gasteiger partial charge on any atom is 0.0681 e. The van der Waals surface area contributed by atoms with Crippen LogP contribution < -0.4 is 5.32 Å². The van der Waals surface area contributed by atoms with Crippen molar-refractivity contribution in [2.75, 3.05) is 5.75 Å². The SMILES string of the molecule is CC1CSC2(CCCCC2C(C)(C)C)N1. The maximum absolute atomic E-state index is 3.89. The standard InChI is InChI=1S/C13H25NS/c1-10-9-15-13(14-10)8-6-5-7-11(13)12(2,3)4/h10-11,14H,5-9H2,1-4H3. The molecule has 3 atom stereocenters. The third-order valence-corrected chi connectivity index (χ3v) is 5.77. The molecule has 0 aromatic heterocycles. The van der Waals surface area contributed by atoms with Gasteiger partial charge in [-0.2, -0.15) is 0 Å². The molecule has 0 amide bonds. The van der Waals surface area contributed by atoms with Crippen LogP contribution in [0.2, 0.25) is 0 Å². The van der Waals surface area contributed by atoms with E-state index < -0.39 is 0 Å². The molecule has 1 aliphatic heterocycles. The molecule has 0 radical (unpaired) electrons. The Morgan fingerprint density at radius 2 is 2.00 bits per heavy atom. The first-order chi connectivity index (χ1) is 6.94. The van der Waals surface area contributed by atoms with E-state index in [-0.39, 0.29) is 0 Å². The number of thioether (sulfide) groups is 1. The second-order valence-electron chi connectivity index (χ2n) is 6.41. The van der Waals surface area contributed by atoms with Gasteiger partial charge in [0.05, 0.1) is 4.87 Å². The lowest BCUT2D eigenvalue weighted by Crippen LogP contribution is -2.52. The average Bonchev–Trinajstić information content (AvgIpc) is 2.47. The summed E-state index contributed by atoms with van der Waals surface area (Å²) in [4.78, 5) is 0.413.